The van der Waals surface area contributed by atoms with Crippen molar-refractivity contribution in [3.63, 3.8) is 0 Å². The van der Waals surface area contributed by atoms with Gasteiger partial charge in [0.25, 0.3) is 5.91 Å². The highest BCUT2D eigenvalue weighted by molar-refractivity contribution is 5.97. The van der Waals surface area contributed by atoms with E-state index >= 15 is 0 Å². The molecule has 0 radical (unpaired) electrons. The molecule has 96 valence electrons. The van der Waals surface area contributed by atoms with Crippen LogP contribution in [-0.4, -0.2) is 24.0 Å². The highest BCUT2D eigenvalue weighted by Gasteiger charge is 2.06. The van der Waals surface area contributed by atoms with Crippen LogP contribution in [-0.2, 0) is 0 Å². The van der Waals surface area contributed by atoms with E-state index in [1.807, 2.05) is 30.3 Å². The topological polar surface area (TPSA) is 90.8 Å². The van der Waals surface area contributed by atoms with Gasteiger partial charge in [0.15, 0.2) is 0 Å². The highest BCUT2D eigenvalue weighted by Crippen LogP contribution is 2.12. The number of aromatic nitrogens is 1. The maximum Gasteiger partial charge on any atom is 0.252 e. The van der Waals surface area contributed by atoms with E-state index in [0.717, 1.165) is 10.9 Å². The van der Waals surface area contributed by atoms with Gasteiger partial charge in [-0.2, -0.15) is 0 Å². The molecule has 1 aromatic carbocycles. The number of hydrogen-bond acceptors (Lipinski definition) is 3. The van der Waals surface area contributed by atoms with Crippen LogP contribution in [0.4, 0.5) is 0 Å². The predicted octanol–water partition coefficient (Wildman–Crippen LogP) is 2.67. The average Bonchev–Trinajstić information content (AvgIpc) is 2.46. The van der Waals surface area contributed by atoms with Gasteiger partial charge in [-0.1, -0.05) is 23.3 Å². The molecule has 19 heavy (non-hydrogen) atoms. The summed E-state index contributed by atoms with van der Waals surface area (Å²) in [6, 6.07) is 9.44. The van der Waals surface area contributed by atoms with Crippen LogP contribution in [0.3, 0.4) is 0 Å². The number of hydrogen-bond donors (Lipinski definition) is 1. The summed E-state index contributed by atoms with van der Waals surface area (Å²) in [4.78, 5) is 18.7. The van der Waals surface area contributed by atoms with E-state index < -0.39 is 0 Å². The van der Waals surface area contributed by atoms with Crippen LogP contribution in [0.15, 0.2) is 41.6 Å². The van der Waals surface area contributed by atoms with E-state index in [1.165, 1.54) is 0 Å². The number of rotatable bonds is 5. The molecule has 0 aliphatic rings. The van der Waals surface area contributed by atoms with Gasteiger partial charge in [-0.15, -0.1) is 0 Å². The normalized spacial score (nSPS) is 9.89. The molecule has 0 saturated carbocycles. The fraction of sp³-hybridized carbons (Fsp3) is 0.231. The quantitative estimate of drug-likeness (QED) is 0.385. The summed E-state index contributed by atoms with van der Waals surface area (Å²) in [5.41, 5.74) is 9.51. The smallest absolute Gasteiger partial charge is 0.252 e. The zero-order valence-electron chi connectivity index (χ0n) is 10.3. The summed E-state index contributed by atoms with van der Waals surface area (Å²) in [5.74, 6) is -0.167. The Labute approximate surface area is 110 Å². The maximum atomic E-state index is 11.9. The van der Waals surface area contributed by atoms with Gasteiger partial charge >= 0.3 is 0 Å². The molecule has 6 nitrogen and oxygen atoms in total. The second-order valence-corrected chi connectivity index (χ2v) is 3.98. The van der Waals surface area contributed by atoms with E-state index in [1.54, 1.807) is 6.20 Å². The molecule has 2 rings (SSSR count). The highest BCUT2D eigenvalue weighted by atomic mass is 16.1. The largest absolute Gasteiger partial charge is 0.352 e. The number of pyridine rings is 1. The van der Waals surface area contributed by atoms with Gasteiger partial charge in [0.2, 0.25) is 0 Å². The predicted molar refractivity (Wildman–Crippen MR) is 72.7 cm³/mol. The molecule has 0 aliphatic carbocycles. The number of benzene rings is 1. The molecule has 0 atom stereocenters. The molecule has 0 fully saturated rings. The Hall–Kier alpha value is -2.59. The van der Waals surface area contributed by atoms with E-state index in [0.29, 0.717) is 25.1 Å². The van der Waals surface area contributed by atoms with Crippen molar-refractivity contribution in [3.8, 4) is 0 Å². The van der Waals surface area contributed by atoms with Crippen LogP contribution in [0.25, 0.3) is 21.3 Å². The molecule has 0 bridgehead atoms. The molecule has 1 heterocycles. The standard InChI is InChI=1S/C13H13N5O/c14-18-17-7-3-6-15-13(19)11-8-10-4-1-2-5-12(10)16-9-11/h1-2,4-5,8-9H,3,6-7H2,(H,15,19). The van der Waals surface area contributed by atoms with Crippen LogP contribution in [0.2, 0.25) is 0 Å². The molecule has 0 aliphatic heterocycles. The minimum atomic E-state index is -0.167. The first-order valence-electron chi connectivity index (χ1n) is 5.95. The average molecular weight is 255 g/mol. The van der Waals surface area contributed by atoms with Gasteiger partial charge in [-0.05, 0) is 24.1 Å². The summed E-state index contributed by atoms with van der Waals surface area (Å²) in [6.45, 7) is 0.859. The lowest BCUT2D eigenvalue weighted by Gasteiger charge is -2.04. The Morgan fingerprint density at radius 3 is 3.11 bits per heavy atom. The van der Waals surface area contributed by atoms with Gasteiger partial charge in [0.05, 0.1) is 11.1 Å². The first-order chi connectivity index (χ1) is 9.31. The number of azide groups is 1. The van der Waals surface area contributed by atoms with Crippen molar-refractivity contribution in [2.45, 2.75) is 6.42 Å². The molecule has 2 aromatic rings. The third kappa shape index (κ3) is 3.43. The lowest BCUT2D eigenvalue weighted by Crippen LogP contribution is -2.24. The number of amides is 1. The van der Waals surface area contributed by atoms with Crippen LogP contribution in [0.1, 0.15) is 16.8 Å². The third-order valence-electron chi connectivity index (χ3n) is 2.64. The second-order valence-electron chi connectivity index (χ2n) is 3.98. The van der Waals surface area contributed by atoms with Crippen molar-refractivity contribution in [1.29, 1.82) is 0 Å². The summed E-state index contributed by atoms with van der Waals surface area (Å²) in [6.07, 6.45) is 2.18. The van der Waals surface area contributed by atoms with Crippen LogP contribution in [0, 0.1) is 0 Å². The Morgan fingerprint density at radius 1 is 1.42 bits per heavy atom. The van der Waals surface area contributed by atoms with Gasteiger partial charge in [0.1, 0.15) is 0 Å². The second kappa shape index (κ2) is 6.37. The van der Waals surface area contributed by atoms with E-state index in [9.17, 15) is 4.79 Å². The van der Waals surface area contributed by atoms with E-state index in [4.69, 9.17) is 5.53 Å². The van der Waals surface area contributed by atoms with Crippen molar-refractivity contribution in [1.82, 2.24) is 10.3 Å². The fourth-order valence-electron chi connectivity index (χ4n) is 1.69. The van der Waals surface area contributed by atoms with Crippen molar-refractivity contribution in [2.24, 2.45) is 5.11 Å². The number of carbonyl (C=O) groups is 1. The molecule has 1 amide bonds. The fourth-order valence-corrected chi connectivity index (χ4v) is 1.69. The minimum Gasteiger partial charge on any atom is -0.352 e. The van der Waals surface area contributed by atoms with Gasteiger partial charge in [-0.25, -0.2) is 0 Å². The lowest BCUT2D eigenvalue weighted by molar-refractivity contribution is 0.0953. The first-order valence-corrected chi connectivity index (χ1v) is 5.95. The van der Waals surface area contributed by atoms with Gasteiger partial charge in [0, 0.05) is 29.6 Å². The Morgan fingerprint density at radius 2 is 2.26 bits per heavy atom. The first kappa shape index (κ1) is 12.9. The van der Waals surface area contributed by atoms with E-state index in [-0.39, 0.29) is 5.91 Å². The van der Waals surface area contributed by atoms with Crippen LogP contribution >= 0.6 is 0 Å². The van der Waals surface area contributed by atoms with Crippen molar-refractivity contribution in [3.05, 3.63) is 52.5 Å². The molecule has 1 aromatic heterocycles. The summed E-state index contributed by atoms with van der Waals surface area (Å²) in [5, 5.41) is 7.09. The van der Waals surface area contributed by atoms with Crippen molar-refractivity contribution < 1.29 is 4.79 Å². The monoisotopic (exact) mass is 255 g/mol. The summed E-state index contributed by atoms with van der Waals surface area (Å²) >= 11 is 0. The van der Waals surface area contributed by atoms with Crippen LogP contribution in [0.5, 0.6) is 0 Å². The molecule has 6 heteroatoms. The Balaban J connectivity index is 1.99. The number of fused-ring (bicyclic) bond motifs is 1. The molecule has 0 unspecified atom stereocenters. The SMILES string of the molecule is [N-]=[N+]=NCCCNC(=O)c1cnc2ccccc2c1. The summed E-state index contributed by atoms with van der Waals surface area (Å²) < 4.78 is 0. The molecule has 0 spiro atoms. The van der Waals surface area contributed by atoms with Gasteiger partial charge in [-0.3, -0.25) is 9.78 Å². The zero-order valence-corrected chi connectivity index (χ0v) is 10.3. The number of carbonyl (C=O) groups excluding carboxylic acids is 1. The number of nitrogens with one attached hydrogen (secondary N) is 1. The maximum absolute atomic E-state index is 11.9. The molecular weight excluding hydrogens is 242 g/mol. The third-order valence-corrected chi connectivity index (χ3v) is 2.64. The Kier molecular flexibility index (Phi) is 4.31. The van der Waals surface area contributed by atoms with Crippen molar-refractivity contribution in [2.75, 3.05) is 13.1 Å². The molecular formula is C13H13N5O. The number of para-hydroxylation sites is 1. The minimum absolute atomic E-state index is 0.167. The zero-order chi connectivity index (χ0) is 13.5. The van der Waals surface area contributed by atoms with Crippen LogP contribution < -0.4 is 5.32 Å². The van der Waals surface area contributed by atoms with Crippen molar-refractivity contribution >= 4 is 16.8 Å². The molecule has 1 N–H and O–H groups in total. The summed E-state index contributed by atoms with van der Waals surface area (Å²) in [7, 11) is 0. The Bertz CT molecular complexity index is 634. The number of nitrogens with zero attached hydrogens (tertiary/aromatic N) is 4. The lowest BCUT2D eigenvalue weighted by atomic mass is 10.1. The molecule has 0 saturated heterocycles. The van der Waals surface area contributed by atoms with E-state index in [2.05, 4.69) is 20.3 Å². The van der Waals surface area contributed by atoms with Gasteiger partial charge < -0.3 is 5.32 Å².